The lowest BCUT2D eigenvalue weighted by Gasteiger charge is -2.28. The van der Waals surface area contributed by atoms with Gasteiger partial charge in [-0.25, -0.2) is 4.99 Å². The molecule has 17 heavy (non-hydrogen) atoms. The molecule has 0 radical (unpaired) electrons. The van der Waals surface area contributed by atoms with E-state index in [4.69, 9.17) is 0 Å². The van der Waals surface area contributed by atoms with E-state index in [0.717, 1.165) is 5.06 Å². The summed E-state index contributed by atoms with van der Waals surface area (Å²) in [6.07, 6.45) is 8.75. The van der Waals surface area contributed by atoms with Gasteiger partial charge in [-0.05, 0) is 26.8 Å². The smallest absolute Gasteiger partial charge is 0.243 e. The SMILES string of the molecule is CC(=O)N=C1C=CC=CC1=CN(O)C(C)(C)C. The van der Waals surface area contributed by atoms with Gasteiger partial charge in [-0.3, -0.25) is 15.1 Å². The van der Waals surface area contributed by atoms with Crippen LogP contribution in [0.5, 0.6) is 0 Å². The van der Waals surface area contributed by atoms with Gasteiger partial charge >= 0.3 is 0 Å². The lowest BCUT2D eigenvalue weighted by molar-refractivity contribution is -0.115. The number of aliphatic imine (C=N–C) groups is 1. The zero-order valence-electron chi connectivity index (χ0n) is 10.6. The van der Waals surface area contributed by atoms with Crippen molar-refractivity contribution in [1.82, 2.24) is 5.06 Å². The van der Waals surface area contributed by atoms with Crippen molar-refractivity contribution in [3.63, 3.8) is 0 Å². The van der Waals surface area contributed by atoms with Gasteiger partial charge < -0.3 is 0 Å². The van der Waals surface area contributed by atoms with E-state index in [0.29, 0.717) is 11.3 Å². The minimum Gasteiger partial charge on any atom is -0.288 e. The molecule has 1 N–H and O–H groups in total. The number of amides is 1. The summed E-state index contributed by atoms with van der Waals surface area (Å²) in [4.78, 5) is 14.9. The van der Waals surface area contributed by atoms with Gasteiger partial charge in [-0.15, -0.1) is 0 Å². The third-order valence-corrected chi connectivity index (χ3v) is 2.16. The average molecular weight is 234 g/mol. The number of allylic oxidation sites excluding steroid dienone is 5. The molecule has 0 saturated heterocycles. The van der Waals surface area contributed by atoms with Gasteiger partial charge in [-0.2, -0.15) is 0 Å². The molecule has 0 aromatic carbocycles. The fourth-order valence-corrected chi connectivity index (χ4v) is 1.19. The van der Waals surface area contributed by atoms with Gasteiger partial charge in [0.2, 0.25) is 5.91 Å². The first-order valence-electron chi connectivity index (χ1n) is 5.45. The lowest BCUT2D eigenvalue weighted by Crippen LogP contribution is -2.34. The molecule has 0 aromatic rings. The van der Waals surface area contributed by atoms with Crippen LogP contribution < -0.4 is 0 Å². The van der Waals surface area contributed by atoms with E-state index in [-0.39, 0.29) is 5.91 Å². The molecule has 1 amide bonds. The zero-order chi connectivity index (χ0) is 13.1. The van der Waals surface area contributed by atoms with Gasteiger partial charge in [0, 0.05) is 18.7 Å². The maximum Gasteiger partial charge on any atom is 0.243 e. The molecule has 0 heterocycles. The standard InChI is InChI=1S/C13H18N2O2/c1-10(16)14-12-8-6-5-7-11(12)9-15(17)13(2,3)4/h5-9,17H,1-4H3. The van der Waals surface area contributed by atoms with E-state index in [2.05, 4.69) is 4.99 Å². The Labute approximate surface area is 102 Å². The van der Waals surface area contributed by atoms with E-state index in [1.165, 1.54) is 6.92 Å². The maximum atomic E-state index is 11.0. The Morgan fingerprint density at radius 3 is 2.47 bits per heavy atom. The van der Waals surface area contributed by atoms with Crippen LogP contribution in [0.2, 0.25) is 0 Å². The molecule has 0 unspecified atom stereocenters. The van der Waals surface area contributed by atoms with Crippen LogP contribution in [0.1, 0.15) is 27.7 Å². The number of hydrogen-bond acceptors (Lipinski definition) is 3. The molecule has 0 bridgehead atoms. The van der Waals surface area contributed by atoms with E-state index < -0.39 is 5.54 Å². The Morgan fingerprint density at radius 2 is 1.94 bits per heavy atom. The first-order valence-corrected chi connectivity index (χ1v) is 5.45. The number of carbonyl (C=O) groups excluding carboxylic acids is 1. The summed E-state index contributed by atoms with van der Waals surface area (Å²) in [6, 6.07) is 0. The van der Waals surface area contributed by atoms with Crippen molar-refractivity contribution < 1.29 is 10.0 Å². The molecule has 92 valence electrons. The minimum absolute atomic E-state index is 0.258. The molecule has 1 rings (SSSR count). The van der Waals surface area contributed by atoms with Crippen LogP contribution in [0.3, 0.4) is 0 Å². The van der Waals surface area contributed by atoms with Gasteiger partial charge in [0.25, 0.3) is 0 Å². The van der Waals surface area contributed by atoms with Crippen molar-refractivity contribution in [2.24, 2.45) is 4.99 Å². The van der Waals surface area contributed by atoms with E-state index in [9.17, 15) is 10.0 Å². The highest BCUT2D eigenvalue weighted by Gasteiger charge is 2.17. The summed E-state index contributed by atoms with van der Waals surface area (Å²) >= 11 is 0. The van der Waals surface area contributed by atoms with Crippen LogP contribution in [0.4, 0.5) is 0 Å². The Balaban J connectivity index is 3.03. The summed E-state index contributed by atoms with van der Waals surface area (Å²) in [5, 5.41) is 11.0. The van der Waals surface area contributed by atoms with Crippen molar-refractivity contribution in [3.05, 3.63) is 36.1 Å². The predicted octanol–water partition coefficient (Wildman–Crippen LogP) is 2.47. The first kappa shape index (κ1) is 13.4. The number of hydroxylamine groups is 2. The van der Waals surface area contributed by atoms with Crippen molar-refractivity contribution in [3.8, 4) is 0 Å². The quantitative estimate of drug-likeness (QED) is 0.709. The van der Waals surface area contributed by atoms with Crippen molar-refractivity contribution in [2.75, 3.05) is 0 Å². The lowest BCUT2D eigenvalue weighted by atomic mass is 10.0. The third kappa shape index (κ3) is 4.00. The molecular weight excluding hydrogens is 216 g/mol. The second-order valence-electron chi connectivity index (χ2n) is 4.83. The molecule has 0 fully saturated rings. The van der Waals surface area contributed by atoms with Gasteiger partial charge in [0.15, 0.2) is 0 Å². The topological polar surface area (TPSA) is 52.9 Å². The van der Waals surface area contributed by atoms with Crippen molar-refractivity contribution in [2.45, 2.75) is 33.2 Å². The predicted molar refractivity (Wildman–Crippen MR) is 67.9 cm³/mol. The number of carbonyl (C=O) groups is 1. The largest absolute Gasteiger partial charge is 0.288 e. The highest BCUT2D eigenvalue weighted by molar-refractivity contribution is 6.15. The second-order valence-corrected chi connectivity index (χ2v) is 4.83. The Morgan fingerprint density at radius 1 is 1.35 bits per heavy atom. The first-order chi connectivity index (χ1) is 7.80. The van der Waals surface area contributed by atoms with Crippen LogP contribution in [0.15, 0.2) is 41.1 Å². The molecule has 4 heteroatoms. The molecule has 1 aliphatic carbocycles. The molecule has 0 aliphatic heterocycles. The fraction of sp³-hybridized carbons (Fsp3) is 0.385. The molecule has 0 atom stereocenters. The Kier molecular flexibility index (Phi) is 4.02. The van der Waals surface area contributed by atoms with Gasteiger partial charge in [-0.1, -0.05) is 18.2 Å². The maximum absolute atomic E-state index is 11.0. The van der Waals surface area contributed by atoms with Crippen LogP contribution in [0.25, 0.3) is 0 Å². The highest BCUT2D eigenvalue weighted by Crippen LogP contribution is 2.15. The molecule has 0 spiro atoms. The third-order valence-electron chi connectivity index (χ3n) is 2.16. The monoisotopic (exact) mass is 234 g/mol. The summed E-state index contributed by atoms with van der Waals surface area (Å²) < 4.78 is 0. The molecule has 4 nitrogen and oxygen atoms in total. The Hall–Kier alpha value is -1.68. The second kappa shape index (κ2) is 5.10. The number of hydrogen-bond donors (Lipinski definition) is 1. The molecule has 0 aromatic heterocycles. The highest BCUT2D eigenvalue weighted by atomic mass is 16.5. The van der Waals surface area contributed by atoms with E-state index >= 15 is 0 Å². The minimum atomic E-state index is -0.399. The molecular formula is C13H18N2O2. The number of rotatable bonds is 1. The average Bonchev–Trinajstić information content (AvgIpc) is 2.18. The summed E-state index contributed by atoms with van der Waals surface area (Å²) in [5.74, 6) is -0.258. The summed E-state index contributed by atoms with van der Waals surface area (Å²) in [6.45, 7) is 7.05. The van der Waals surface area contributed by atoms with Crippen LogP contribution in [-0.4, -0.2) is 27.4 Å². The van der Waals surface area contributed by atoms with E-state index in [1.807, 2.05) is 26.8 Å². The van der Waals surface area contributed by atoms with Gasteiger partial charge in [0.05, 0.1) is 11.3 Å². The Bertz CT molecular complexity index is 423. The molecule has 0 saturated carbocycles. The van der Waals surface area contributed by atoms with Gasteiger partial charge in [0.1, 0.15) is 0 Å². The van der Waals surface area contributed by atoms with Crippen molar-refractivity contribution >= 4 is 11.6 Å². The van der Waals surface area contributed by atoms with E-state index in [1.54, 1.807) is 24.4 Å². The number of nitrogens with zero attached hydrogens (tertiary/aromatic N) is 2. The zero-order valence-corrected chi connectivity index (χ0v) is 10.6. The van der Waals surface area contributed by atoms with Crippen LogP contribution >= 0.6 is 0 Å². The van der Waals surface area contributed by atoms with Crippen LogP contribution in [-0.2, 0) is 4.79 Å². The normalized spacial score (nSPS) is 20.1. The molecule has 1 aliphatic rings. The fourth-order valence-electron chi connectivity index (χ4n) is 1.19. The summed E-state index contributed by atoms with van der Waals surface area (Å²) in [7, 11) is 0. The summed E-state index contributed by atoms with van der Waals surface area (Å²) in [5.41, 5.74) is 0.868. The van der Waals surface area contributed by atoms with Crippen molar-refractivity contribution in [1.29, 1.82) is 0 Å². The van der Waals surface area contributed by atoms with Crippen LogP contribution in [0, 0.1) is 0 Å².